The first-order valence-electron chi connectivity index (χ1n) is 10.9. The largest absolute Gasteiger partial charge is 0.497 e. The van der Waals surface area contributed by atoms with Crippen molar-refractivity contribution in [2.75, 3.05) is 18.9 Å². The number of sulfonamides is 1. The van der Waals surface area contributed by atoms with Crippen molar-refractivity contribution >= 4 is 38.5 Å². The summed E-state index contributed by atoms with van der Waals surface area (Å²) in [6.45, 7) is 0. The first-order chi connectivity index (χ1) is 17.8. The fourth-order valence-corrected chi connectivity index (χ4v) is 5.18. The van der Waals surface area contributed by atoms with E-state index >= 15 is 0 Å². The smallest absolute Gasteiger partial charge is 0.308 e. The summed E-state index contributed by atoms with van der Waals surface area (Å²) in [6.07, 6.45) is 2.59. The minimum Gasteiger partial charge on any atom is -0.497 e. The minimum absolute atomic E-state index is 0.0133. The van der Waals surface area contributed by atoms with Gasteiger partial charge in [-0.25, -0.2) is 18.1 Å². The van der Waals surface area contributed by atoms with Gasteiger partial charge >= 0.3 is 6.01 Å². The van der Waals surface area contributed by atoms with Gasteiger partial charge in [-0.3, -0.25) is 9.36 Å². The monoisotopic (exact) mass is 537 g/mol. The van der Waals surface area contributed by atoms with E-state index in [0.717, 1.165) is 11.1 Å². The Morgan fingerprint density at radius 2 is 1.78 bits per heavy atom. The van der Waals surface area contributed by atoms with E-state index in [0.29, 0.717) is 33.1 Å². The third-order valence-corrected chi connectivity index (χ3v) is 7.23. The molecule has 37 heavy (non-hydrogen) atoms. The average molecular weight is 538 g/mol. The average Bonchev–Trinajstić information content (AvgIpc) is 3.40. The predicted octanol–water partition coefficient (Wildman–Crippen LogP) is 5.12. The predicted molar refractivity (Wildman–Crippen MR) is 140 cm³/mol. The molecule has 11 heteroatoms. The third kappa shape index (κ3) is 4.76. The number of rotatable bonds is 7. The Bertz CT molecular complexity index is 1780. The first kappa shape index (κ1) is 24.4. The van der Waals surface area contributed by atoms with Crippen LogP contribution < -0.4 is 19.8 Å². The van der Waals surface area contributed by atoms with E-state index in [2.05, 4.69) is 9.71 Å². The van der Waals surface area contributed by atoms with Gasteiger partial charge in [0.15, 0.2) is 0 Å². The number of anilines is 1. The zero-order valence-corrected chi connectivity index (χ0v) is 21.2. The highest BCUT2D eigenvalue weighted by molar-refractivity contribution is 7.92. The summed E-state index contributed by atoms with van der Waals surface area (Å²) in [7, 11) is -0.888. The van der Waals surface area contributed by atoms with Crippen LogP contribution in [0.1, 0.15) is 0 Å². The van der Waals surface area contributed by atoms with Crippen LogP contribution in [0.4, 0.5) is 6.01 Å². The maximum absolute atomic E-state index is 13.0. The number of nitrogens with one attached hydrogen (secondary N) is 1. The van der Waals surface area contributed by atoms with Gasteiger partial charge in [-0.15, -0.1) is 0 Å². The molecule has 2 aromatic heterocycles. The standard InChI is InChI=1S/C26H20ClN3O6S/c1-34-20-12-18(11-19(27)15-20)16-3-6-23(24(14-16)35-2)30-22-7-5-21(13-17(22)4-8-25(30)31)37(32,33)29-26-28-9-10-36-26/h3-15H,1-2H3,(H,28,29). The highest BCUT2D eigenvalue weighted by atomic mass is 35.5. The van der Waals surface area contributed by atoms with Gasteiger partial charge in [0.2, 0.25) is 0 Å². The van der Waals surface area contributed by atoms with Crippen molar-refractivity contribution in [1.29, 1.82) is 0 Å². The van der Waals surface area contributed by atoms with Crippen LogP contribution in [-0.4, -0.2) is 32.2 Å². The topological polar surface area (TPSA) is 113 Å². The van der Waals surface area contributed by atoms with Gasteiger partial charge in [0.25, 0.3) is 15.6 Å². The van der Waals surface area contributed by atoms with E-state index in [9.17, 15) is 13.2 Å². The number of halogens is 1. The molecule has 0 spiro atoms. The number of oxazole rings is 1. The maximum Gasteiger partial charge on any atom is 0.308 e. The highest BCUT2D eigenvalue weighted by Crippen LogP contribution is 2.34. The van der Waals surface area contributed by atoms with Gasteiger partial charge < -0.3 is 13.9 Å². The Balaban J connectivity index is 1.60. The molecule has 0 aliphatic carbocycles. The lowest BCUT2D eigenvalue weighted by Gasteiger charge is -2.16. The summed E-state index contributed by atoms with van der Waals surface area (Å²) in [5.74, 6) is 1.05. The van der Waals surface area contributed by atoms with E-state index in [1.807, 2.05) is 12.1 Å². The Labute approximate surface area is 216 Å². The molecule has 0 saturated heterocycles. The molecule has 0 radical (unpaired) electrons. The first-order valence-corrected chi connectivity index (χ1v) is 12.8. The number of pyridine rings is 1. The second-order valence-electron chi connectivity index (χ2n) is 7.94. The number of fused-ring (bicyclic) bond motifs is 1. The molecule has 5 rings (SSSR count). The summed E-state index contributed by atoms with van der Waals surface area (Å²) in [4.78, 5) is 16.8. The van der Waals surface area contributed by atoms with Gasteiger partial charge in [-0.2, -0.15) is 0 Å². The van der Waals surface area contributed by atoms with Crippen LogP contribution >= 0.6 is 11.6 Å². The fraction of sp³-hybridized carbons (Fsp3) is 0.0769. The Hall–Kier alpha value is -4.28. The summed E-state index contributed by atoms with van der Waals surface area (Å²) in [5, 5.41) is 1.05. The zero-order chi connectivity index (χ0) is 26.2. The molecule has 188 valence electrons. The molecule has 0 aliphatic rings. The van der Waals surface area contributed by atoms with E-state index in [1.54, 1.807) is 43.5 Å². The highest BCUT2D eigenvalue weighted by Gasteiger charge is 2.19. The molecule has 0 unspecified atom stereocenters. The molecule has 0 atom stereocenters. The van der Waals surface area contributed by atoms with Crippen molar-refractivity contribution in [2.24, 2.45) is 0 Å². The van der Waals surface area contributed by atoms with Crippen LogP contribution in [0.5, 0.6) is 11.5 Å². The lowest BCUT2D eigenvalue weighted by Crippen LogP contribution is -2.18. The van der Waals surface area contributed by atoms with Crippen molar-refractivity contribution in [3.05, 3.63) is 94.6 Å². The molecular formula is C26H20ClN3O6S. The molecule has 0 saturated carbocycles. The lowest BCUT2D eigenvalue weighted by molar-refractivity contribution is 0.413. The summed E-state index contributed by atoms with van der Waals surface area (Å²) in [5.41, 5.74) is 2.30. The molecule has 0 aliphatic heterocycles. The second-order valence-corrected chi connectivity index (χ2v) is 10.1. The summed E-state index contributed by atoms with van der Waals surface area (Å²) >= 11 is 6.24. The van der Waals surface area contributed by atoms with Crippen molar-refractivity contribution in [3.8, 4) is 28.3 Å². The summed E-state index contributed by atoms with van der Waals surface area (Å²) < 4.78 is 45.3. The van der Waals surface area contributed by atoms with Crippen LogP contribution in [-0.2, 0) is 10.0 Å². The third-order valence-electron chi connectivity index (χ3n) is 5.69. The number of ether oxygens (including phenoxy) is 2. The SMILES string of the molecule is COc1cc(Cl)cc(-c2ccc(-n3c(=O)ccc4cc(S(=O)(=O)Nc5ncco5)ccc43)c(OC)c2)c1. The van der Waals surface area contributed by atoms with Gasteiger partial charge in [-0.1, -0.05) is 17.7 Å². The van der Waals surface area contributed by atoms with Crippen molar-refractivity contribution in [2.45, 2.75) is 4.90 Å². The van der Waals surface area contributed by atoms with Crippen LogP contribution in [0, 0.1) is 0 Å². The molecule has 0 bridgehead atoms. The summed E-state index contributed by atoms with van der Waals surface area (Å²) in [6, 6.07) is 18.0. The number of hydrogen-bond donors (Lipinski definition) is 1. The van der Waals surface area contributed by atoms with Crippen LogP contribution in [0.25, 0.3) is 27.7 Å². The number of nitrogens with zero attached hydrogens (tertiary/aromatic N) is 2. The van der Waals surface area contributed by atoms with Gasteiger partial charge in [0, 0.05) is 16.5 Å². The number of hydrogen-bond acceptors (Lipinski definition) is 7. The molecule has 9 nitrogen and oxygen atoms in total. The van der Waals surface area contributed by atoms with Crippen molar-refractivity contribution < 1.29 is 22.3 Å². The molecule has 2 heterocycles. The van der Waals surface area contributed by atoms with Crippen LogP contribution in [0.15, 0.2) is 93.3 Å². The zero-order valence-electron chi connectivity index (χ0n) is 19.6. The fourth-order valence-electron chi connectivity index (χ4n) is 3.98. The maximum atomic E-state index is 13.0. The Morgan fingerprint density at radius 3 is 2.51 bits per heavy atom. The van der Waals surface area contributed by atoms with Gasteiger partial charge in [0.1, 0.15) is 17.8 Å². The molecule has 3 aromatic carbocycles. The van der Waals surface area contributed by atoms with Crippen LogP contribution in [0.2, 0.25) is 5.02 Å². The Morgan fingerprint density at radius 1 is 0.946 bits per heavy atom. The van der Waals surface area contributed by atoms with Crippen molar-refractivity contribution in [3.63, 3.8) is 0 Å². The van der Waals surface area contributed by atoms with E-state index < -0.39 is 10.0 Å². The van der Waals surface area contributed by atoms with Gasteiger partial charge in [0.05, 0.1) is 36.5 Å². The molecule has 5 aromatic rings. The molecule has 0 amide bonds. The number of benzene rings is 3. The van der Waals surface area contributed by atoms with Crippen LogP contribution in [0.3, 0.4) is 0 Å². The van der Waals surface area contributed by atoms with E-state index in [1.165, 1.54) is 42.3 Å². The van der Waals surface area contributed by atoms with E-state index in [-0.39, 0.29) is 16.5 Å². The molecule has 1 N–H and O–H groups in total. The second kappa shape index (κ2) is 9.64. The number of methoxy groups -OCH3 is 2. The molecule has 0 fully saturated rings. The normalized spacial score (nSPS) is 11.4. The Kier molecular flexibility index (Phi) is 6.36. The lowest BCUT2D eigenvalue weighted by atomic mass is 10.0. The minimum atomic E-state index is -3.96. The van der Waals surface area contributed by atoms with Gasteiger partial charge in [-0.05, 0) is 65.7 Å². The molecular weight excluding hydrogens is 518 g/mol. The van der Waals surface area contributed by atoms with E-state index in [4.69, 9.17) is 25.5 Å². The quantitative estimate of drug-likeness (QED) is 0.306. The number of aromatic nitrogens is 2. The van der Waals surface area contributed by atoms with Crippen molar-refractivity contribution in [1.82, 2.24) is 9.55 Å².